The summed E-state index contributed by atoms with van der Waals surface area (Å²) in [5.41, 5.74) is 1.33. The van der Waals surface area contributed by atoms with Gasteiger partial charge in [-0.05, 0) is 30.7 Å². The number of anilines is 1. The number of aryl methyl sites for hydroxylation is 1. The first-order chi connectivity index (χ1) is 13.4. The van der Waals surface area contributed by atoms with Crippen molar-refractivity contribution in [2.45, 2.75) is 20.0 Å². The van der Waals surface area contributed by atoms with Crippen molar-refractivity contribution < 1.29 is 14.5 Å². The molecule has 10 heteroatoms. The summed E-state index contributed by atoms with van der Waals surface area (Å²) in [7, 11) is 0. The molecule has 9 nitrogen and oxygen atoms in total. The lowest BCUT2D eigenvalue weighted by atomic mass is 10.2. The molecule has 0 radical (unpaired) electrons. The van der Waals surface area contributed by atoms with Gasteiger partial charge in [-0.3, -0.25) is 24.4 Å². The minimum atomic E-state index is -0.502. The van der Waals surface area contributed by atoms with E-state index in [9.17, 15) is 19.7 Å². The van der Waals surface area contributed by atoms with Crippen LogP contribution < -0.4 is 10.6 Å². The molecular weight excluding hydrogens is 382 g/mol. The van der Waals surface area contributed by atoms with E-state index < -0.39 is 4.92 Å². The van der Waals surface area contributed by atoms with E-state index >= 15 is 0 Å². The number of carbonyl (C=O) groups excluding carboxylic acids is 2. The maximum absolute atomic E-state index is 12.2. The highest BCUT2D eigenvalue weighted by molar-refractivity contribution is 7.14. The number of hydrogen-bond acceptors (Lipinski definition) is 6. The van der Waals surface area contributed by atoms with Crippen LogP contribution in [-0.4, -0.2) is 26.5 Å². The number of thiophene rings is 1. The van der Waals surface area contributed by atoms with Crippen molar-refractivity contribution in [1.29, 1.82) is 0 Å². The summed E-state index contributed by atoms with van der Waals surface area (Å²) in [6.45, 7) is 1.94. The molecule has 0 fully saturated rings. The van der Waals surface area contributed by atoms with Crippen LogP contribution >= 0.6 is 11.3 Å². The van der Waals surface area contributed by atoms with Gasteiger partial charge in [-0.2, -0.15) is 5.10 Å². The molecule has 2 amide bonds. The van der Waals surface area contributed by atoms with E-state index in [0.29, 0.717) is 10.6 Å². The van der Waals surface area contributed by atoms with Crippen LogP contribution in [0.15, 0.2) is 48.8 Å². The van der Waals surface area contributed by atoms with Crippen LogP contribution in [0, 0.1) is 17.0 Å². The Balaban J connectivity index is 1.58. The van der Waals surface area contributed by atoms with Gasteiger partial charge in [0.2, 0.25) is 5.91 Å². The number of benzene rings is 1. The van der Waals surface area contributed by atoms with E-state index in [2.05, 4.69) is 15.7 Å². The summed E-state index contributed by atoms with van der Waals surface area (Å²) in [6.07, 6.45) is 3.29. The molecule has 28 heavy (non-hydrogen) atoms. The number of nitrogens with zero attached hydrogens (tertiary/aromatic N) is 3. The van der Waals surface area contributed by atoms with Crippen molar-refractivity contribution in [3.63, 3.8) is 0 Å². The monoisotopic (exact) mass is 399 g/mol. The molecule has 0 aliphatic carbocycles. The molecule has 0 unspecified atom stereocenters. The number of nitrogens with one attached hydrogen (secondary N) is 2. The third kappa shape index (κ3) is 4.80. The van der Waals surface area contributed by atoms with Crippen LogP contribution in [0.25, 0.3) is 0 Å². The quantitative estimate of drug-likeness (QED) is 0.468. The number of nitro groups is 1. The summed E-state index contributed by atoms with van der Waals surface area (Å²) in [6, 6.07) is 10.1. The van der Waals surface area contributed by atoms with E-state index in [-0.39, 0.29) is 35.5 Å². The predicted octanol–water partition coefficient (Wildman–Crippen LogP) is 2.73. The highest BCUT2D eigenvalue weighted by atomic mass is 32.1. The largest absolute Gasteiger partial charge is 0.347 e. The van der Waals surface area contributed by atoms with E-state index in [1.54, 1.807) is 43.6 Å². The van der Waals surface area contributed by atoms with Crippen molar-refractivity contribution >= 4 is 34.5 Å². The van der Waals surface area contributed by atoms with E-state index in [1.165, 1.54) is 10.7 Å². The highest BCUT2D eigenvalue weighted by Crippen LogP contribution is 2.27. The normalized spacial score (nSPS) is 10.5. The zero-order valence-corrected chi connectivity index (χ0v) is 15.7. The second-order valence-corrected chi connectivity index (χ2v) is 7.20. The van der Waals surface area contributed by atoms with Crippen molar-refractivity contribution in [1.82, 2.24) is 15.1 Å². The lowest BCUT2D eigenvalue weighted by molar-refractivity contribution is -0.385. The molecule has 2 heterocycles. The number of amides is 2. The Labute approximate surface area is 164 Å². The Hall–Kier alpha value is -3.53. The molecule has 1 aromatic carbocycles. The molecule has 0 spiro atoms. The maximum atomic E-state index is 12.2. The zero-order valence-electron chi connectivity index (χ0n) is 14.9. The van der Waals surface area contributed by atoms with Crippen LogP contribution in [0.3, 0.4) is 0 Å². The molecule has 0 saturated carbocycles. The van der Waals surface area contributed by atoms with Gasteiger partial charge in [0.25, 0.3) is 11.6 Å². The van der Waals surface area contributed by atoms with Crippen molar-refractivity contribution in [2.75, 3.05) is 5.32 Å². The molecule has 0 aliphatic rings. The van der Waals surface area contributed by atoms with E-state index in [4.69, 9.17) is 0 Å². The van der Waals surface area contributed by atoms with Crippen LogP contribution in [0.1, 0.15) is 20.1 Å². The van der Waals surface area contributed by atoms with Gasteiger partial charge in [0.15, 0.2) is 0 Å². The van der Waals surface area contributed by atoms with Crippen molar-refractivity contribution in [3.8, 4) is 0 Å². The molecule has 3 rings (SSSR count). The topological polar surface area (TPSA) is 119 Å². The van der Waals surface area contributed by atoms with Gasteiger partial charge in [-0.1, -0.05) is 12.1 Å². The molecule has 2 N–H and O–H groups in total. The molecule has 2 aromatic heterocycles. The van der Waals surface area contributed by atoms with Gasteiger partial charge in [0.05, 0.1) is 14.7 Å². The molecule has 0 atom stereocenters. The van der Waals surface area contributed by atoms with Gasteiger partial charge in [-0.25, -0.2) is 0 Å². The molecule has 0 saturated heterocycles. The zero-order chi connectivity index (χ0) is 20.1. The summed E-state index contributed by atoms with van der Waals surface area (Å²) in [5, 5.41) is 20.4. The summed E-state index contributed by atoms with van der Waals surface area (Å²) in [4.78, 5) is 35.4. The van der Waals surface area contributed by atoms with Gasteiger partial charge >= 0.3 is 0 Å². The molecular formula is C18H17N5O4S. The first kappa shape index (κ1) is 19.2. The Morgan fingerprint density at radius 1 is 1.29 bits per heavy atom. The molecule has 0 bridgehead atoms. The molecule has 0 aliphatic heterocycles. The number of hydrogen-bond donors (Lipinski definition) is 2. The lowest BCUT2D eigenvalue weighted by Crippen LogP contribution is -2.22. The Morgan fingerprint density at radius 3 is 2.79 bits per heavy atom. The first-order valence-corrected chi connectivity index (χ1v) is 9.13. The molecule has 3 aromatic rings. The van der Waals surface area contributed by atoms with Crippen LogP contribution in [0.4, 0.5) is 11.4 Å². The average molecular weight is 399 g/mol. The van der Waals surface area contributed by atoms with Gasteiger partial charge in [0, 0.05) is 30.7 Å². The third-order valence-electron chi connectivity index (χ3n) is 3.84. The Kier molecular flexibility index (Phi) is 5.80. The number of aromatic nitrogens is 2. The van der Waals surface area contributed by atoms with Crippen LogP contribution in [0.2, 0.25) is 0 Å². The van der Waals surface area contributed by atoms with Gasteiger partial charge in [0.1, 0.15) is 6.54 Å². The number of rotatable bonds is 7. The fourth-order valence-corrected chi connectivity index (χ4v) is 3.44. The fraction of sp³-hybridized carbons (Fsp3) is 0.167. The second-order valence-electron chi connectivity index (χ2n) is 5.94. The Bertz CT molecular complexity index is 1010. The second kappa shape index (κ2) is 8.44. The SMILES string of the molecule is Cc1sc(C(=O)NCc2cccc(NC(=O)Cn3cccn3)c2)cc1[N+](=O)[O-]. The third-order valence-corrected chi connectivity index (χ3v) is 4.88. The minimum Gasteiger partial charge on any atom is -0.347 e. The standard InChI is InChI=1S/C18H17N5O4S/c1-12-15(23(26)27)9-16(28-12)18(25)19-10-13-4-2-5-14(8-13)21-17(24)11-22-7-3-6-20-22/h2-9H,10-11H2,1H3,(H,19,25)(H,21,24). The Morgan fingerprint density at radius 2 is 2.11 bits per heavy atom. The predicted molar refractivity (Wildman–Crippen MR) is 104 cm³/mol. The van der Waals surface area contributed by atoms with Crippen molar-refractivity contribution in [2.24, 2.45) is 0 Å². The smallest absolute Gasteiger partial charge is 0.283 e. The number of carbonyl (C=O) groups is 2. The minimum absolute atomic E-state index is 0.0583. The van der Waals surface area contributed by atoms with E-state index in [1.807, 2.05) is 6.07 Å². The lowest BCUT2D eigenvalue weighted by Gasteiger charge is -2.08. The van der Waals surface area contributed by atoms with Crippen LogP contribution in [0.5, 0.6) is 0 Å². The summed E-state index contributed by atoms with van der Waals surface area (Å²) < 4.78 is 1.52. The first-order valence-electron chi connectivity index (χ1n) is 8.31. The van der Waals surface area contributed by atoms with E-state index in [0.717, 1.165) is 16.9 Å². The van der Waals surface area contributed by atoms with Gasteiger partial charge in [-0.15, -0.1) is 11.3 Å². The van der Waals surface area contributed by atoms with Crippen LogP contribution in [-0.2, 0) is 17.9 Å². The highest BCUT2D eigenvalue weighted by Gasteiger charge is 2.19. The average Bonchev–Trinajstić information content (AvgIpc) is 3.29. The summed E-state index contributed by atoms with van der Waals surface area (Å²) >= 11 is 1.08. The van der Waals surface area contributed by atoms with Gasteiger partial charge < -0.3 is 10.6 Å². The maximum Gasteiger partial charge on any atom is 0.283 e. The summed E-state index contributed by atoms with van der Waals surface area (Å²) in [5.74, 6) is -0.597. The molecule has 144 valence electrons. The fourth-order valence-electron chi connectivity index (χ4n) is 2.54. The van der Waals surface area contributed by atoms with Crippen molar-refractivity contribution in [3.05, 3.63) is 74.2 Å².